The topological polar surface area (TPSA) is 47.6 Å². The summed E-state index contributed by atoms with van der Waals surface area (Å²) < 4.78 is 11.0. The van der Waals surface area contributed by atoms with Crippen LogP contribution >= 0.6 is 11.8 Å². The summed E-state index contributed by atoms with van der Waals surface area (Å²) in [6.45, 7) is 2.12. The minimum Gasteiger partial charge on any atom is -0.484 e. The molecule has 2 aromatic carbocycles. The van der Waals surface area contributed by atoms with Crippen molar-refractivity contribution < 1.29 is 14.3 Å². The highest BCUT2D eigenvalue weighted by Gasteiger charge is 2.34. The van der Waals surface area contributed by atoms with E-state index >= 15 is 0 Å². The molecule has 5 heteroatoms. The van der Waals surface area contributed by atoms with Gasteiger partial charge in [-0.1, -0.05) is 36.4 Å². The van der Waals surface area contributed by atoms with Crippen molar-refractivity contribution in [1.29, 1.82) is 0 Å². The highest BCUT2D eigenvalue weighted by molar-refractivity contribution is 8.00. The van der Waals surface area contributed by atoms with Gasteiger partial charge in [0.1, 0.15) is 5.75 Å². The molecule has 25 heavy (non-hydrogen) atoms. The average Bonchev–Trinajstić information content (AvgIpc) is 2.67. The first-order valence-electron chi connectivity index (χ1n) is 8.52. The van der Waals surface area contributed by atoms with Crippen LogP contribution < -0.4 is 10.1 Å². The van der Waals surface area contributed by atoms with E-state index in [9.17, 15) is 4.79 Å². The fourth-order valence-electron chi connectivity index (χ4n) is 2.77. The fourth-order valence-corrected chi connectivity index (χ4v) is 4.08. The number of amides is 1. The van der Waals surface area contributed by atoms with Crippen LogP contribution in [0.2, 0.25) is 0 Å². The number of para-hydroxylation sites is 1. The van der Waals surface area contributed by atoms with Crippen molar-refractivity contribution >= 4 is 17.7 Å². The molecule has 1 fully saturated rings. The van der Waals surface area contributed by atoms with Gasteiger partial charge >= 0.3 is 0 Å². The summed E-state index contributed by atoms with van der Waals surface area (Å²) in [5.74, 6) is 0.612. The largest absolute Gasteiger partial charge is 0.484 e. The van der Waals surface area contributed by atoms with Gasteiger partial charge in [0, 0.05) is 29.4 Å². The second-order valence-corrected chi connectivity index (χ2v) is 7.63. The Kier molecular flexibility index (Phi) is 6.36. The highest BCUT2D eigenvalue weighted by Crippen LogP contribution is 2.40. The van der Waals surface area contributed by atoms with Crippen molar-refractivity contribution in [3.8, 4) is 5.75 Å². The quantitative estimate of drug-likeness (QED) is 0.824. The van der Waals surface area contributed by atoms with Gasteiger partial charge in [-0.25, -0.2) is 0 Å². The smallest absolute Gasteiger partial charge is 0.257 e. The molecule has 0 saturated carbocycles. The predicted octanol–water partition coefficient (Wildman–Crippen LogP) is 3.52. The number of ether oxygens (including phenoxy) is 2. The van der Waals surface area contributed by atoms with Crippen molar-refractivity contribution in [2.24, 2.45) is 0 Å². The normalized spacial score (nSPS) is 16.2. The van der Waals surface area contributed by atoms with Crippen molar-refractivity contribution in [3.05, 3.63) is 60.7 Å². The van der Waals surface area contributed by atoms with Crippen molar-refractivity contribution in [2.75, 3.05) is 26.4 Å². The Morgan fingerprint density at radius 2 is 1.68 bits per heavy atom. The maximum atomic E-state index is 12.2. The summed E-state index contributed by atoms with van der Waals surface area (Å²) in [5, 5.41) is 3.04. The predicted molar refractivity (Wildman–Crippen MR) is 100 cm³/mol. The van der Waals surface area contributed by atoms with Crippen LogP contribution in [0.25, 0.3) is 0 Å². The first-order valence-corrected chi connectivity index (χ1v) is 9.34. The Labute approximate surface area is 152 Å². The lowest BCUT2D eigenvalue weighted by atomic mass is 9.99. The van der Waals surface area contributed by atoms with Crippen LogP contribution in [0, 0.1) is 0 Å². The average molecular weight is 357 g/mol. The van der Waals surface area contributed by atoms with Gasteiger partial charge < -0.3 is 14.8 Å². The zero-order valence-corrected chi connectivity index (χ0v) is 15.0. The van der Waals surface area contributed by atoms with Gasteiger partial charge in [0.05, 0.1) is 0 Å². The molecule has 2 aromatic rings. The number of carbonyl (C=O) groups excluding carboxylic acids is 1. The Bertz CT molecular complexity index is 657. The number of hydrogen-bond acceptors (Lipinski definition) is 4. The number of thioether (sulfide) groups is 1. The number of hydrogen-bond donors (Lipinski definition) is 1. The summed E-state index contributed by atoms with van der Waals surface area (Å²) in [7, 11) is 0. The second kappa shape index (κ2) is 8.92. The number of nitrogens with one attached hydrogen (secondary N) is 1. The molecule has 1 N–H and O–H groups in total. The molecule has 0 radical (unpaired) electrons. The number of carbonyl (C=O) groups is 1. The van der Waals surface area contributed by atoms with E-state index in [1.54, 1.807) is 0 Å². The minimum atomic E-state index is -0.0941. The molecule has 0 spiro atoms. The standard InChI is InChI=1S/C20H23NO3S/c22-19(15-24-17-7-3-1-4-8-17)21-16-20(11-13-23-14-12-20)25-18-9-5-2-6-10-18/h1-10H,11-16H2,(H,21,22). The van der Waals surface area contributed by atoms with Crippen LogP contribution in [0.15, 0.2) is 65.6 Å². The molecule has 132 valence electrons. The summed E-state index contributed by atoms with van der Waals surface area (Å²) in [5.41, 5.74) is 0. The molecule has 1 aliphatic heterocycles. The number of benzene rings is 2. The molecule has 0 unspecified atom stereocenters. The molecule has 3 rings (SSSR count). The Morgan fingerprint density at radius 1 is 1.04 bits per heavy atom. The molecule has 0 aliphatic carbocycles. The van der Waals surface area contributed by atoms with Gasteiger partial charge in [-0.2, -0.15) is 0 Å². The SMILES string of the molecule is O=C(COc1ccccc1)NCC1(Sc2ccccc2)CCOCC1. The van der Waals surface area contributed by atoms with E-state index in [-0.39, 0.29) is 17.3 Å². The first kappa shape index (κ1) is 17.8. The third-order valence-electron chi connectivity index (χ3n) is 4.20. The van der Waals surface area contributed by atoms with Gasteiger partial charge in [0.15, 0.2) is 6.61 Å². The van der Waals surface area contributed by atoms with E-state index in [0.717, 1.165) is 26.1 Å². The van der Waals surface area contributed by atoms with Crippen LogP contribution in [0.5, 0.6) is 5.75 Å². The zero-order valence-electron chi connectivity index (χ0n) is 14.1. The maximum Gasteiger partial charge on any atom is 0.257 e. The Morgan fingerprint density at radius 3 is 2.36 bits per heavy atom. The van der Waals surface area contributed by atoms with Gasteiger partial charge in [-0.3, -0.25) is 4.79 Å². The summed E-state index contributed by atoms with van der Waals surface area (Å²) in [6, 6.07) is 19.7. The van der Waals surface area contributed by atoms with E-state index in [1.807, 2.05) is 60.3 Å². The maximum absolute atomic E-state index is 12.2. The zero-order chi connectivity index (χ0) is 17.4. The molecule has 0 bridgehead atoms. The minimum absolute atomic E-state index is 0.0258. The molecule has 1 amide bonds. The van der Waals surface area contributed by atoms with E-state index in [1.165, 1.54) is 4.90 Å². The first-order chi connectivity index (χ1) is 12.3. The van der Waals surface area contributed by atoms with Crippen LogP contribution in [0.1, 0.15) is 12.8 Å². The molecule has 1 aliphatic rings. The summed E-state index contributed by atoms with van der Waals surface area (Å²) in [4.78, 5) is 13.4. The number of rotatable bonds is 7. The van der Waals surface area contributed by atoms with Gasteiger partial charge in [0.2, 0.25) is 0 Å². The van der Waals surface area contributed by atoms with Crippen LogP contribution in [-0.2, 0) is 9.53 Å². The van der Waals surface area contributed by atoms with Crippen molar-refractivity contribution in [3.63, 3.8) is 0 Å². The molecule has 4 nitrogen and oxygen atoms in total. The van der Waals surface area contributed by atoms with Crippen molar-refractivity contribution in [2.45, 2.75) is 22.5 Å². The van der Waals surface area contributed by atoms with Gasteiger partial charge in [0.25, 0.3) is 5.91 Å². The van der Waals surface area contributed by atoms with Gasteiger partial charge in [-0.05, 0) is 37.1 Å². The molecular weight excluding hydrogens is 334 g/mol. The lowest BCUT2D eigenvalue weighted by Gasteiger charge is -2.36. The molecule has 0 aromatic heterocycles. The molecular formula is C20H23NO3S. The van der Waals surface area contributed by atoms with E-state index in [4.69, 9.17) is 9.47 Å². The van der Waals surface area contributed by atoms with Crippen LogP contribution in [0.4, 0.5) is 0 Å². The summed E-state index contributed by atoms with van der Waals surface area (Å²) >= 11 is 1.83. The highest BCUT2D eigenvalue weighted by atomic mass is 32.2. The van der Waals surface area contributed by atoms with Gasteiger partial charge in [-0.15, -0.1) is 11.8 Å². The fraction of sp³-hybridized carbons (Fsp3) is 0.350. The van der Waals surface area contributed by atoms with Crippen LogP contribution in [-0.4, -0.2) is 37.0 Å². The van der Waals surface area contributed by atoms with E-state index in [2.05, 4.69) is 17.4 Å². The monoisotopic (exact) mass is 357 g/mol. The lowest BCUT2D eigenvalue weighted by molar-refractivity contribution is -0.123. The van der Waals surface area contributed by atoms with Crippen molar-refractivity contribution in [1.82, 2.24) is 5.32 Å². The van der Waals surface area contributed by atoms with Crippen LogP contribution in [0.3, 0.4) is 0 Å². The third-order valence-corrected chi connectivity index (χ3v) is 5.70. The molecule has 1 saturated heterocycles. The van der Waals surface area contributed by atoms with E-state index in [0.29, 0.717) is 12.3 Å². The lowest BCUT2D eigenvalue weighted by Crippen LogP contribution is -2.45. The molecule has 0 atom stereocenters. The Balaban J connectivity index is 1.54. The third kappa shape index (κ3) is 5.51. The van der Waals surface area contributed by atoms with E-state index < -0.39 is 0 Å². The molecule has 1 heterocycles. The second-order valence-electron chi connectivity index (χ2n) is 6.09. The Hall–Kier alpha value is -1.98. The summed E-state index contributed by atoms with van der Waals surface area (Å²) in [6.07, 6.45) is 1.85.